The summed E-state index contributed by atoms with van der Waals surface area (Å²) in [6.45, 7) is 2.15. The van der Waals surface area contributed by atoms with E-state index in [1.54, 1.807) is 7.11 Å². The molecule has 1 aromatic rings. The van der Waals surface area contributed by atoms with Crippen LogP contribution < -0.4 is 4.74 Å². The number of hydrogen-bond donors (Lipinski definition) is 3. The van der Waals surface area contributed by atoms with Crippen molar-refractivity contribution in [3.63, 3.8) is 0 Å². The minimum atomic E-state index is -0.593. The number of phenols is 1. The molecule has 0 radical (unpaired) electrons. The number of aliphatic hydroxyl groups is 2. The van der Waals surface area contributed by atoms with E-state index >= 15 is 0 Å². The minimum Gasteiger partial charge on any atom is -0.504 e. The highest BCUT2D eigenvalue weighted by molar-refractivity contribution is 5.49. The first-order valence-corrected chi connectivity index (χ1v) is 8.71. The molecule has 3 N–H and O–H groups in total. The summed E-state index contributed by atoms with van der Waals surface area (Å²) in [7, 11) is 1.59. The predicted molar refractivity (Wildman–Crippen MR) is 86.7 cm³/mol. The van der Waals surface area contributed by atoms with Crippen LogP contribution in [0.5, 0.6) is 11.5 Å². The van der Waals surface area contributed by atoms with E-state index in [1.807, 2.05) is 12.1 Å². The van der Waals surface area contributed by atoms with Gasteiger partial charge in [0, 0.05) is 0 Å². The standard InChI is InChI=1S/C19H26O4/c1-19-6-5-11-12(14(19)9-16(21)18(19)22)4-3-10-7-15(20)17(23-2)8-13(10)11/h7-8,11-12,14,16,18,20-22H,3-6,9H2,1-2H3/t11?,12?,14?,16-,18+,19+/m1/s1. The third kappa shape index (κ3) is 2.04. The zero-order chi connectivity index (χ0) is 16.4. The number of aromatic hydroxyl groups is 1. The van der Waals surface area contributed by atoms with E-state index in [2.05, 4.69) is 6.92 Å². The lowest BCUT2D eigenvalue weighted by Gasteiger charge is -2.49. The molecule has 1 aromatic carbocycles. The molecule has 3 aliphatic carbocycles. The van der Waals surface area contributed by atoms with E-state index in [1.165, 1.54) is 11.1 Å². The number of benzene rings is 1. The van der Waals surface area contributed by atoms with E-state index in [0.717, 1.165) is 25.7 Å². The van der Waals surface area contributed by atoms with Crippen molar-refractivity contribution >= 4 is 0 Å². The number of rotatable bonds is 1. The van der Waals surface area contributed by atoms with Gasteiger partial charge in [-0.25, -0.2) is 0 Å². The first-order valence-electron chi connectivity index (χ1n) is 8.71. The van der Waals surface area contributed by atoms with Crippen molar-refractivity contribution in [3.8, 4) is 11.5 Å². The molecule has 2 fully saturated rings. The summed E-state index contributed by atoms with van der Waals surface area (Å²) in [6.07, 6.45) is 3.53. The second kappa shape index (κ2) is 5.12. The van der Waals surface area contributed by atoms with Gasteiger partial charge in [0.15, 0.2) is 11.5 Å². The molecule has 0 spiro atoms. The van der Waals surface area contributed by atoms with Gasteiger partial charge in [0.1, 0.15) is 0 Å². The van der Waals surface area contributed by atoms with E-state index in [4.69, 9.17) is 4.74 Å². The fourth-order valence-corrected chi connectivity index (χ4v) is 5.74. The van der Waals surface area contributed by atoms with Crippen LogP contribution in [0.2, 0.25) is 0 Å². The van der Waals surface area contributed by atoms with Crippen LogP contribution in [0.25, 0.3) is 0 Å². The molecule has 4 nitrogen and oxygen atoms in total. The Morgan fingerprint density at radius 2 is 2.00 bits per heavy atom. The Morgan fingerprint density at radius 1 is 1.22 bits per heavy atom. The van der Waals surface area contributed by atoms with Gasteiger partial charge in [-0.15, -0.1) is 0 Å². The van der Waals surface area contributed by atoms with Gasteiger partial charge >= 0.3 is 0 Å². The van der Waals surface area contributed by atoms with Gasteiger partial charge < -0.3 is 20.1 Å². The monoisotopic (exact) mass is 318 g/mol. The van der Waals surface area contributed by atoms with E-state index < -0.39 is 12.2 Å². The number of phenolic OH excluding ortho intramolecular Hbond substituents is 1. The molecular formula is C19H26O4. The maximum Gasteiger partial charge on any atom is 0.160 e. The highest BCUT2D eigenvalue weighted by atomic mass is 16.5. The Hall–Kier alpha value is -1.26. The van der Waals surface area contributed by atoms with Crippen LogP contribution in [0.3, 0.4) is 0 Å². The molecule has 126 valence electrons. The highest BCUT2D eigenvalue weighted by Crippen LogP contribution is 2.61. The Morgan fingerprint density at radius 3 is 2.74 bits per heavy atom. The first kappa shape index (κ1) is 15.3. The molecule has 0 heterocycles. The first-order chi connectivity index (χ1) is 11.0. The van der Waals surface area contributed by atoms with E-state index in [-0.39, 0.29) is 11.2 Å². The van der Waals surface area contributed by atoms with Gasteiger partial charge in [0.05, 0.1) is 19.3 Å². The lowest BCUT2D eigenvalue weighted by atomic mass is 9.55. The average molecular weight is 318 g/mol. The van der Waals surface area contributed by atoms with Crippen molar-refractivity contribution in [1.29, 1.82) is 0 Å². The van der Waals surface area contributed by atoms with Gasteiger partial charge in [-0.05, 0) is 78.5 Å². The summed E-state index contributed by atoms with van der Waals surface area (Å²) in [5.74, 6) is 2.09. The van der Waals surface area contributed by atoms with Crippen LogP contribution in [0, 0.1) is 17.3 Å². The number of ether oxygens (including phenoxy) is 1. The SMILES string of the molecule is COc1cc2c(cc1O)CCC1C2CC[C@@]2(C)C1C[C@@H](O)[C@@H]2O. The van der Waals surface area contributed by atoms with Crippen LogP contribution in [0.15, 0.2) is 12.1 Å². The third-order valence-corrected chi connectivity index (χ3v) is 7.00. The Balaban J connectivity index is 1.72. The van der Waals surface area contributed by atoms with Gasteiger partial charge in [0.25, 0.3) is 0 Å². The molecule has 0 aromatic heterocycles. The maximum atomic E-state index is 10.5. The number of fused-ring (bicyclic) bond motifs is 5. The van der Waals surface area contributed by atoms with Crippen molar-refractivity contribution in [2.45, 2.75) is 57.2 Å². The largest absolute Gasteiger partial charge is 0.504 e. The van der Waals surface area contributed by atoms with E-state index in [9.17, 15) is 15.3 Å². The Bertz CT molecular complexity index is 628. The van der Waals surface area contributed by atoms with Crippen LogP contribution in [0.4, 0.5) is 0 Å². The van der Waals surface area contributed by atoms with Crippen molar-refractivity contribution in [1.82, 2.24) is 0 Å². The van der Waals surface area contributed by atoms with Crippen molar-refractivity contribution in [3.05, 3.63) is 23.3 Å². The second-order valence-corrected chi connectivity index (χ2v) is 7.93. The van der Waals surface area contributed by atoms with E-state index in [0.29, 0.717) is 29.9 Å². The molecule has 3 aliphatic rings. The summed E-state index contributed by atoms with van der Waals surface area (Å²) in [5.41, 5.74) is 2.38. The number of hydrogen-bond acceptors (Lipinski definition) is 4. The molecule has 3 unspecified atom stereocenters. The normalized spacial score (nSPS) is 41.8. The van der Waals surface area contributed by atoms with Gasteiger partial charge in [-0.3, -0.25) is 0 Å². The number of methoxy groups -OCH3 is 1. The smallest absolute Gasteiger partial charge is 0.160 e. The summed E-state index contributed by atoms with van der Waals surface area (Å²) in [5, 5.41) is 30.7. The topological polar surface area (TPSA) is 69.9 Å². The van der Waals surface area contributed by atoms with Crippen LogP contribution in [-0.4, -0.2) is 34.6 Å². The average Bonchev–Trinajstić information content (AvgIpc) is 2.77. The minimum absolute atomic E-state index is 0.154. The molecule has 0 aliphatic heterocycles. The number of aliphatic hydroxyl groups excluding tert-OH is 2. The molecule has 4 rings (SSSR count). The molecule has 4 heteroatoms. The zero-order valence-electron chi connectivity index (χ0n) is 13.8. The molecule has 23 heavy (non-hydrogen) atoms. The predicted octanol–water partition coefficient (Wildman–Crippen LogP) is 2.59. The van der Waals surface area contributed by atoms with Crippen molar-refractivity contribution < 1.29 is 20.1 Å². The van der Waals surface area contributed by atoms with Crippen LogP contribution in [0.1, 0.15) is 49.7 Å². The summed E-state index contributed by atoms with van der Waals surface area (Å²) in [4.78, 5) is 0. The number of aryl methyl sites for hydroxylation is 1. The summed E-state index contributed by atoms with van der Waals surface area (Å²) in [6, 6.07) is 3.86. The summed E-state index contributed by atoms with van der Waals surface area (Å²) >= 11 is 0. The van der Waals surface area contributed by atoms with Gasteiger partial charge in [-0.1, -0.05) is 6.92 Å². The van der Waals surface area contributed by atoms with Crippen LogP contribution >= 0.6 is 0 Å². The molecule has 0 amide bonds. The molecule has 0 saturated heterocycles. The lowest BCUT2D eigenvalue weighted by Crippen LogP contribution is -2.44. The molecule has 2 saturated carbocycles. The van der Waals surface area contributed by atoms with Crippen LogP contribution in [-0.2, 0) is 6.42 Å². The lowest BCUT2D eigenvalue weighted by molar-refractivity contribution is -0.0505. The summed E-state index contributed by atoms with van der Waals surface area (Å²) < 4.78 is 5.30. The molecule has 0 bridgehead atoms. The Labute approximate surface area is 137 Å². The quantitative estimate of drug-likeness (QED) is 0.744. The molecular weight excluding hydrogens is 292 g/mol. The van der Waals surface area contributed by atoms with Crippen molar-refractivity contribution in [2.24, 2.45) is 17.3 Å². The maximum absolute atomic E-state index is 10.5. The molecule has 6 atom stereocenters. The van der Waals surface area contributed by atoms with Gasteiger partial charge in [0.2, 0.25) is 0 Å². The fourth-order valence-electron chi connectivity index (χ4n) is 5.74. The Kier molecular flexibility index (Phi) is 3.40. The van der Waals surface area contributed by atoms with Gasteiger partial charge in [-0.2, -0.15) is 0 Å². The third-order valence-electron chi connectivity index (χ3n) is 7.00. The second-order valence-electron chi connectivity index (χ2n) is 7.93. The van der Waals surface area contributed by atoms with Crippen molar-refractivity contribution in [2.75, 3.05) is 7.11 Å². The zero-order valence-corrected chi connectivity index (χ0v) is 13.8. The highest BCUT2D eigenvalue weighted by Gasteiger charge is 2.57. The fraction of sp³-hybridized carbons (Fsp3) is 0.684.